The Balaban J connectivity index is 1.79. The van der Waals surface area contributed by atoms with E-state index in [4.69, 9.17) is 17.9 Å². The molecule has 0 aromatic heterocycles. The molecule has 0 aromatic rings. The summed E-state index contributed by atoms with van der Waals surface area (Å²) in [7, 11) is 0. The number of allylic oxidation sites excluding steroid dienone is 2. The Morgan fingerprint density at radius 3 is 2.75 bits per heavy atom. The lowest BCUT2D eigenvalue weighted by molar-refractivity contribution is -0.148. The lowest BCUT2D eigenvalue weighted by atomic mass is 9.44. The maximum Gasteiger partial charge on any atom is 0.138 e. The molecule has 4 aliphatic carbocycles. The van der Waals surface area contributed by atoms with E-state index in [9.17, 15) is 4.79 Å². The monoisotopic (exact) mass is 343 g/mol. The summed E-state index contributed by atoms with van der Waals surface area (Å²) in [6, 6.07) is 2.22. The number of thiol groups is 1. The van der Waals surface area contributed by atoms with E-state index in [2.05, 4.69) is 19.9 Å². The van der Waals surface area contributed by atoms with E-state index in [0.29, 0.717) is 24.0 Å². The number of nitriles is 1. The first-order valence-electron chi connectivity index (χ1n) is 9.70. The number of hydrogen-bond acceptors (Lipinski definition) is 3. The molecule has 4 aliphatic rings. The van der Waals surface area contributed by atoms with Crippen molar-refractivity contribution < 1.29 is 4.79 Å². The zero-order valence-corrected chi connectivity index (χ0v) is 15.9. The van der Waals surface area contributed by atoms with Crippen LogP contribution in [-0.4, -0.2) is 10.5 Å². The fraction of sp³-hybridized carbons (Fsp3) is 0.810. The van der Waals surface area contributed by atoms with Crippen LogP contribution in [0.2, 0.25) is 0 Å². The number of hydrogen-bond donors (Lipinski definition) is 1. The van der Waals surface area contributed by atoms with Crippen molar-refractivity contribution in [1.82, 2.24) is 0 Å². The van der Waals surface area contributed by atoms with Gasteiger partial charge in [0.2, 0.25) is 0 Å². The van der Waals surface area contributed by atoms with E-state index in [-0.39, 0.29) is 21.5 Å². The smallest absolute Gasteiger partial charge is 0.138 e. The molecular formula is C21H29NOS. The fourth-order valence-electron chi connectivity index (χ4n) is 7.37. The van der Waals surface area contributed by atoms with E-state index < -0.39 is 0 Å². The minimum absolute atomic E-state index is 0.117. The SMILES string of the molecule is CC12CC(=O)C3C(S)(CCC4CCCC[C@@]43C)C1CC/C2=C/C#N. The third kappa shape index (κ3) is 1.99. The number of rotatable bonds is 0. The second-order valence-corrected chi connectivity index (χ2v) is 10.2. The van der Waals surface area contributed by atoms with Crippen LogP contribution in [0, 0.1) is 39.9 Å². The standard InChI is InChI=1S/C21H29NOS/c1-19-10-4-3-5-14(19)8-11-21(24)17-7-6-15(9-12-22)20(17,2)13-16(23)18(19)21/h9,14,17-18,24H,3-8,10-11,13H2,1-2H3/b15-9-/t14?,17?,18?,19-,20?,21?/m0/s1. The lowest BCUT2D eigenvalue weighted by Gasteiger charge is -2.63. The Kier molecular flexibility index (Phi) is 3.74. The van der Waals surface area contributed by atoms with Crippen LogP contribution in [0.5, 0.6) is 0 Å². The van der Waals surface area contributed by atoms with E-state index in [0.717, 1.165) is 19.3 Å². The maximum atomic E-state index is 13.4. The van der Waals surface area contributed by atoms with Crippen LogP contribution in [0.3, 0.4) is 0 Å². The first-order chi connectivity index (χ1) is 11.4. The van der Waals surface area contributed by atoms with Gasteiger partial charge in [0.1, 0.15) is 5.78 Å². The van der Waals surface area contributed by atoms with Crippen molar-refractivity contribution in [1.29, 1.82) is 5.26 Å². The molecule has 4 fully saturated rings. The Hall–Kier alpha value is -0.750. The van der Waals surface area contributed by atoms with Gasteiger partial charge in [0.05, 0.1) is 6.07 Å². The predicted molar refractivity (Wildman–Crippen MR) is 98.7 cm³/mol. The molecule has 0 spiro atoms. The Morgan fingerprint density at radius 1 is 1.21 bits per heavy atom. The molecule has 0 N–H and O–H groups in total. The fourth-order valence-corrected chi connectivity index (χ4v) is 8.35. The number of fused-ring (bicyclic) bond motifs is 5. The van der Waals surface area contributed by atoms with Gasteiger partial charge in [-0.3, -0.25) is 4.79 Å². The molecule has 0 aliphatic heterocycles. The van der Waals surface area contributed by atoms with Gasteiger partial charge in [0.15, 0.2) is 0 Å². The normalized spacial score (nSPS) is 52.3. The average Bonchev–Trinajstić information content (AvgIpc) is 2.84. The topological polar surface area (TPSA) is 40.9 Å². The van der Waals surface area contributed by atoms with Gasteiger partial charge in [-0.2, -0.15) is 17.9 Å². The van der Waals surface area contributed by atoms with Crippen LogP contribution in [0.4, 0.5) is 0 Å². The van der Waals surface area contributed by atoms with Crippen LogP contribution in [0.25, 0.3) is 0 Å². The van der Waals surface area contributed by atoms with Gasteiger partial charge >= 0.3 is 0 Å². The van der Waals surface area contributed by atoms with Gasteiger partial charge in [-0.1, -0.05) is 32.3 Å². The minimum atomic E-state index is -0.169. The van der Waals surface area contributed by atoms with Crippen LogP contribution >= 0.6 is 12.6 Å². The molecule has 0 bridgehead atoms. The molecule has 4 saturated carbocycles. The van der Waals surface area contributed by atoms with Crippen molar-refractivity contribution in [3.05, 3.63) is 11.6 Å². The molecule has 0 amide bonds. The lowest BCUT2D eigenvalue weighted by Crippen LogP contribution is -2.63. The Morgan fingerprint density at radius 2 is 2.00 bits per heavy atom. The number of Topliss-reactive ketones (excluding diaryl/α,β-unsaturated/α-hetero) is 1. The molecule has 0 radical (unpaired) electrons. The Bertz CT molecular complexity index is 649. The van der Waals surface area contributed by atoms with Gasteiger partial charge in [-0.15, -0.1) is 0 Å². The number of carbonyl (C=O) groups is 1. The highest BCUT2D eigenvalue weighted by molar-refractivity contribution is 7.81. The van der Waals surface area contributed by atoms with Crippen molar-refractivity contribution >= 4 is 18.4 Å². The third-order valence-electron chi connectivity index (χ3n) is 8.41. The Labute approximate surface area is 151 Å². The summed E-state index contributed by atoms with van der Waals surface area (Å²) < 4.78 is -0.169. The molecular weight excluding hydrogens is 314 g/mol. The van der Waals surface area contributed by atoms with Crippen molar-refractivity contribution in [2.75, 3.05) is 0 Å². The highest BCUT2D eigenvalue weighted by Crippen LogP contribution is 2.69. The average molecular weight is 344 g/mol. The van der Waals surface area contributed by atoms with Gasteiger partial charge in [0.25, 0.3) is 0 Å². The number of ketones is 1. The summed E-state index contributed by atoms with van der Waals surface area (Å²) in [5, 5.41) is 9.16. The van der Waals surface area contributed by atoms with E-state index in [1.165, 1.54) is 37.7 Å². The summed E-state index contributed by atoms with van der Waals surface area (Å²) in [6.45, 7) is 4.63. The van der Waals surface area contributed by atoms with Gasteiger partial charge < -0.3 is 0 Å². The van der Waals surface area contributed by atoms with Crippen molar-refractivity contribution in [3.63, 3.8) is 0 Å². The van der Waals surface area contributed by atoms with Crippen molar-refractivity contribution in [2.45, 2.75) is 76.4 Å². The van der Waals surface area contributed by atoms with Crippen LogP contribution < -0.4 is 0 Å². The zero-order chi connectivity index (χ0) is 17.2. The molecule has 3 heteroatoms. The quantitative estimate of drug-likeness (QED) is 0.491. The molecule has 2 nitrogen and oxygen atoms in total. The second-order valence-electron chi connectivity index (χ2n) is 9.36. The molecule has 0 aromatic carbocycles. The first kappa shape index (κ1) is 16.7. The number of carbonyl (C=O) groups excluding carboxylic acids is 1. The molecule has 24 heavy (non-hydrogen) atoms. The highest BCUT2D eigenvalue weighted by Gasteiger charge is 2.67. The van der Waals surface area contributed by atoms with E-state index >= 15 is 0 Å². The van der Waals surface area contributed by atoms with Gasteiger partial charge in [-0.25, -0.2) is 0 Å². The molecule has 130 valence electrons. The summed E-state index contributed by atoms with van der Waals surface area (Å²) in [6.07, 6.45) is 11.8. The van der Waals surface area contributed by atoms with Gasteiger partial charge in [0, 0.05) is 28.6 Å². The van der Waals surface area contributed by atoms with Crippen molar-refractivity contribution in [3.8, 4) is 6.07 Å². The molecule has 4 rings (SSSR count). The molecule has 0 saturated heterocycles. The highest BCUT2D eigenvalue weighted by atomic mass is 32.1. The minimum Gasteiger partial charge on any atom is -0.299 e. The zero-order valence-electron chi connectivity index (χ0n) is 15.0. The number of nitrogens with zero attached hydrogens (tertiary/aromatic N) is 1. The second kappa shape index (κ2) is 5.37. The summed E-state index contributed by atoms with van der Waals surface area (Å²) in [5.74, 6) is 1.70. The van der Waals surface area contributed by atoms with Crippen LogP contribution in [0.15, 0.2) is 11.6 Å². The van der Waals surface area contributed by atoms with E-state index in [1.54, 1.807) is 6.08 Å². The third-order valence-corrected chi connectivity index (χ3v) is 9.21. The predicted octanol–water partition coefficient (Wildman–Crippen LogP) is 5.10. The molecule has 5 unspecified atom stereocenters. The molecule has 0 heterocycles. The molecule has 6 atom stereocenters. The van der Waals surface area contributed by atoms with Crippen molar-refractivity contribution in [2.24, 2.45) is 28.6 Å². The first-order valence-corrected chi connectivity index (χ1v) is 10.2. The largest absolute Gasteiger partial charge is 0.299 e. The summed E-state index contributed by atoms with van der Waals surface area (Å²) in [4.78, 5) is 13.4. The maximum absolute atomic E-state index is 13.4. The van der Waals surface area contributed by atoms with Crippen LogP contribution in [0.1, 0.15) is 71.6 Å². The van der Waals surface area contributed by atoms with E-state index in [1.807, 2.05) is 0 Å². The summed E-state index contributed by atoms with van der Waals surface area (Å²) in [5.41, 5.74) is 1.22. The van der Waals surface area contributed by atoms with Crippen LogP contribution in [-0.2, 0) is 4.79 Å². The van der Waals surface area contributed by atoms with Gasteiger partial charge in [-0.05, 0) is 55.8 Å². The summed E-state index contributed by atoms with van der Waals surface area (Å²) >= 11 is 5.31.